The Morgan fingerprint density at radius 2 is 1.88 bits per heavy atom. The smallest absolute Gasteiger partial charge is 0.250 e. The number of ether oxygens (including phenoxy) is 1. The number of benzene rings is 1. The molecule has 0 saturated carbocycles. The SMILES string of the molecule is COc1ccc(S(=O)(=O)NC2CCc3c(ccc(=O)n3C)C2)cc1. The van der Waals surface area contributed by atoms with Crippen LogP contribution in [0.3, 0.4) is 0 Å². The fourth-order valence-corrected chi connectivity index (χ4v) is 4.33. The first-order valence-electron chi connectivity index (χ1n) is 7.75. The number of sulfonamides is 1. The molecule has 1 heterocycles. The number of rotatable bonds is 4. The fourth-order valence-electron chi connectivity index (χ4n) is 3.06. The molecule has 1 atom stereocenters. The van der Waals surface area contributed by atoms with E-state index in [9.17, 15) is 13.2 Å². The molecule has 1 unspecified atom stereocenters. The van der Waals surface area contributed by atoms with Gasteiger partial charge in [-0.1, -0.05) is 6.07 Å². The maximum Gasteiger partial charge on any atom is 0.250 e. The molecule has 1 N–H and O–H groups in total. The lowest BCUT2D eigenvalue weighted by Gasteiger charge is -2.26. The minimum atomic E-state index is -3.58. The van der Waals surface area contributed by atoms with Crippen LogP contribution in [0.15, 0.2) is 46.1 Å². The van der Waals surface area contributed by atoms with Crippen molar-refractivity contribution >= 4 is 10.0 Å². The van der Waals surface area contributed by atoms with Gasteiger partial charge in [0.05, 0.1) is 12.0 Å². The van der Waals surface area contributed by atoms with Crippen LogP contribution in [0.4, 0.5) is 0 Å². The third-order valence-electron chi connectivity index (χ3n) is 4.42. The van der Waals surface area contributed by atoms with E-state index in [1.54, 1.807) is 29.8 Å². The van der Waals surface area contributed by atoms with Gasteiger partial charge < -0.3 is 9.30 Å². The van der Waals surface area contributed by atoms with Crippen molar-refractivity contribution in [3.63, 3.8) is 0 Å². The van der Waals surface area contributed by atoms with Crippen molar-refractivity contribution in [1.29, 1.82) is 0 Å². The van der Waals surface area contributed by atoms with Gasteiger partial charge in [-0.15, -0.1) is 0 Å². The fraction of sp³-hybridized carbons (Fsp3) is 0.353. The monoisotopic (exact) mass is 348 g/mol. The van der Waals surface area contributed by atoms with Crippen LogP contribution < -0.4 is 15.0 Å². The molecule has 2 aromatic rings. The highest BCUT2D eigenvalue weighted by Crippen LogP contribution is 2.22. The Morgan fingerprint density at radius 3 is 2.54 bits per heavy atom. The van der Waals surface area contributed by atoms with E-state index in [0.29, 0.717) is 25.0 Å². The summed E-state index contributed by atoms with van der Waals surface area (Å²) in [5, 5.41) is 0. The molecule has 24 heavy (non-hydrogen) atoms. The Balaban J connectivity index is 1.78. The maximum absolute atomic E-state index is 12.5. The van der Waals surface area contributed by atoms with Crippen molar-refractivity contribution in [1.82, 2.24) is 9.29 Å². The Morgan fingerprint density at radius 1 is 1.17 bits per heavy atom. The van der Waals surface area contributed by atoms with Crippen LogP contribution in [0.2, 0.25) is 0 Å². The van der Waals surface area contributed by atoms with Gasteiger partial charge in [-0.05, 0) is 49.1 Å². The standard InChI is InChI=1S/C17H20N2O4S/c1-19-16-9-4-13(11-12(16)3-10-17(19)20)18-24(21,22)15-7-5-14(23-2)6-8-15/h3,5-8,10,13,18H,4,9,11H2,1-2H3. The molecule has 7 heteroatoms. The van der Waals surface area contributed by atoms with E-state index < -0.39 is 10.0 Å². The summed E-state index contributed by atoms with van der Waals surface area (Å²) < 4.78 is 34.5. The second kappa shape index (κ2) is 6.41. The number of nitrogens with one attached hydrogen (secondary N) is 1. The molecule has 1 aliphatic rings. The molecular formula is C17H20N2O4S. The first kappa shape index (κ1) is 16.7. The Bertz CT molecular complexity index is 901. The largest absolute Gasteiger partial charge is 0.497 e. The van der Waals surface area contributed by atoms with Gasteiger partial charge in [0.25, 0.3) is 0 Å². The summed E-state index contributed by atoms with van der Waals surface area (Å²) in [5.74, 6) is 0.612. The van der Waals surface area contributed by atoms with Crippen molar-refractivity contribution < 1.29 is 13.2 Å². The van der Waals surface area contributed by atoms with Crippen molar-refractivity contribution in [2.75, 3.05) is 7.11 Å². The minimum Gasteiger partial charge on any atom is -0.497 e. The second-order valence-electron chi connectivity index (χ2n) is 5.94. The second-order valence-corrected chi connectivity index (χ2v) is 7.65. The van der Waals surface area contributed by atoms with Gasteiger partial charge in [0.2, 0.25) is 15.6 Å². The molecule has 1 aliphatic carbocycles. The lowest BCUT2D eigenvalue weighted by molar-refractivity contribution is 0.414. The average Bonchev–Trinajstić information content (AvgIpc) is 2.58. The molecule has 1 aromatic heterocycles. The van der Waals surface area contributed by atoms with Gasteiger partial charge in [-0.25, -0.2) is 13.1 Å². The van der Waals surface area contributed by atoms with E-state index in [1.165, 1.54) is 25.3 Å². The predicted octanol–water partition coefficient (Wildman–Crippen LogP) is 1.23. The normalized spacial score (nSPS) is 17.3. The summed E-state index contributed by atoms with van der Waals surface area (Å²) in [6.45, 7) is 0. The van der Waals surface area contributed by atoms with Crippen molar-refractivity contribution in [2.45, 2.75) is 30.2 Å². The number of aromatic nitrogens is 1. The molecule has 0 amide bonds. The highest BCUT2D eigenvalue weighted by molar-refractivity contribution is 7.89. The molecule has 0 fully saturated rings. The third-order valence-corrected chi connectivity index (χ3v) is 5.96. The Kier molecular flexibility index (Phi) is 4.47. The number of fused-ring (bicyclic) bond motifs is 1. The number of nitrogens with zero attached hydrogens (tertiary/aromatic N) is 1. The molecule has 0 saturated heterocycles. The molecule has 0 aliphatic heterocycles. The lowest BCUT2D eigenvalue weighted by Crippen LogP contribution is -2.40. The number of hydrogen-bond donors (Lipinski definition) is 1. The molecule has 6 nitrogen and oxygen atoms in total. The lowest BCUT2D eigenvalue weighted by atomic mass is 9.92. The topological polar surface area (TPSA) is 77.4 Å². The van der Waals surface area contributed by atoms with E-state index >= 15 is 0 Å². The number of methoxy groups -OCH3 is 1. The summed E-state index contributed by atoms with van der Waals surface area (Å²) in [6.07, 6.45) is 1.93. The van der Waals surface area contributed by atoms with Gasteiger partial charge in [0.15, 0.2) is 0 Å². The highest BCUT2D eigenvalue weighted by atomic mass is 32.2. The number of hydrogen-bond acceptors (Lipinski definition) is 4. The van der Waals surface area contributed by atoms with Crippen molar-refractivity contribution in [3.05, 3.63) is 58.0 Å². The summed E-state index contributed by atoms with van der Waals surface area (Å²) in [6, 6.07) is 9.46. The molecule has 128 valence electrons. The van der Waals surface area contributed by atoms with Crippen LogP contribution in [0.1, 0.15) is 17.7 Å². The molecule has 0 bridgehead atoms. The summed E-state index contributed by atoms with van der Waals surface area (Å²) in [7, 11) is -0.291. The first-order chi connectivity index (χ1) is 11.4. The van der Waals surface area contributed by atoms with Gasteiger partial charge >= 0.3 is 0 Å². The van der Waals surface area contributed by atoms with Gasteiger partial charge in [-0.3, -0.25) is 4.79 Å². The van der Waals surface area contributed by atoms with Gasteiger partial charge in [-0.2, -0.15) is 0 Å². The van der Waals surface area contributed by atoms with Crippen LogP contribution in [-0.2, 0) is 29.9 Å². The van der Waals surface area contributed by atoms with Crippen LogP contribution in [0.25, 0.3) is 0 Å². The minimum absolute atomic E-state index is 0.0361. The van der Waals surface area contributed by atoms with Gasteiger partial charge in [0, 0.05) is 24.8 Å². The Labute approximate surface area is 141 Å². The third kappa shape index (κ3) is 3.22. The Hall–Kier alpha value is -2.12. The summed E-state index contributed by atoms with van der Waals surface area (Å²) >= 11 is 0. The quantitative estimate of drug-likeness (QED) is 0.901. The van der Waals surface area contributed by atoms with Crippen molar-refractivity contribution in [3.8, 4) is 5.75 Å². The van der Waals surface area contributed by atoms with Crippen molar-refractivity contribution in [2.24, 2.45) is 7.05 Å². The number of pyridine rings is 1. The molecule has 0 radical (unpaired) electrons. The van der Waals surface area contributed by atoms with Crippen LogP contribution in [0.5, 0.6) is 5.75 Å². The summed E-state index contributed by atoms with van der Waals surface area (Å²) in [4.78, 5) is 11.9. The highest BCUT2D eigenvalue weighted by Gasteiger charge is 2.25. The first-order valence-corrected chi connectivity index (χ1v) is 9.23. The van der Waals surface area contributed by atoms with E-state index in [4.69, 9.17) is 4.74 Å². The van der Waals surface area contributed by atoms with Crippen LogP contribution in [0, 0.1) is 0 Å². The summed E-state index contributed by atoms with van der Waals surface area (Å²) in [5.41, 5.74) is 1.97. The zero-order chi connectivity index (χ0) is 17.3. The van der Waals surface area contributed by atoms with E-state index in [-0.39, 0.29) is 16.5 Å². The van der Waals surface area contributed by atoms with Crippen LogP contribution in [-0.4, -0.2) is 26.1 Å². The van der Waals surface area contributed by atoms with Crippen LogP contribution >= 0.6 is 0 Å². The van der Waals surface area contributed by atoms with E-state index in [1.807, 2.05) is 0 Å². The average molecular weight is 348 g/mol. The molecule has 0 spiro atoms. The molecular weight excluding hydrogens is 328 g/mol. The van der Waals surface area contributed by atoms with E-state index in [2.05, 4.69) is 4.72 Å². The molecule has 3 rings (SSSR count). The van der Waals surface area contributed by atoms with Gasteiger partial charge in [0.1, 0.15) is 5.75 Å². The predicted molar refractivity (Wildman–Crippen MR) is 90.8 cm³/mol. The van der Waals surface area contributed by atoms with E-state index in [0.717, 1.165) is 11.3 Å². The molecule has 1 aromatic carbocycles. The zero-order valence-corrected chi connectivity index (χ0v) is 14.5. The maximum atomic E-state index is 12.5. The zero-order valence-electron chi connectivity index (χ0n) is 13.7.